The van der Waals surface area contributed by atoms with Gasteiger partial charge in [0, 0.05) is 6.61 Å². The Balaban J connectivity index is 3.81. The summed E-state index contributed by atoms with van der Waals surface area (Å²) in [5, 5.41) is 0. The lowest BCUT2D eigenvalue weighted by molar-refractivity contribution is -0.339. The van der Waals surface area contributed by atoms with E-state index in [4.69, 9.17) is 0 Å². The van der Waals surface area contributed by atoms with Crippen LogP contribution in [0.3, 0.4) is 0 Å². The number of carbonyl (C=O) groups is 1. The Morgan fingerprint density at radius 3 is 1.87 bits per heavy atom. The smallest absolute Gasteiger partial charge is 0.431 e. The van der Waals surface area contributed by atoms with Gasteiger partial charge in [-0.25, -0.2) is 4.79 Å². The summed E-state index contributed by atoms with van der Waals surface area (Å²) < 4.78 is 98.7. The second-order valence-corrected chi connectivity index (χ2v) is 4.51. The molecule has 0 saturated heterocycles. The zero-order chi connectivity index (χ0) is 18.1. The molecule has 0 N–H and O–H groups in total. The molecule has 0 aromatic heterocycles. The third-order valence-corrected chi connectivity index (χ3v) is 2.54. The van der Waals surface area contributed by atoms with Gasteiger partial charge in [-0.1, -0.05) is 12.8 Å². The average molecular weight is 358 g/mol. The molecule has 0 radical (unpaired) electrons. The number of ether oxygens (including phenoxy) is 3. The Kier molecular flexibility index (Phi) is 8.82. The number of hydrogen-bond donors (Lipinski definition) is 0. The number of hydrogen-bond acceptors (Lipinski definition) is 4. The molecular formula is C12H17F7O4. The van der Waals surface area contributed by atoms with E-state index in [0.29, 0.717) is 13.5 Å². The highest BCUT2D eigenvalue weighted by Crippen LogP contribution is 2.36. The highest BCUT2D eigenvalue weighted by Gasteiger charge is 2.64. The predicted octanol–water partition coefficient (Wildman–Crippen LogP) is 3.54. The van der Waals surface area contributed by atoms with Crippen LogP contribution in [0, 0.1) is 0 Å². The molecule has 23 heavy (non-hydrogen) atoms. The van der Waals surface area contributed by atoms with Crippen molar-refractivity contribution in [3.05, 3.63) is 0 Å². The number of halogens is 7. The van der Waals surface area contributed by atoms with Crippen molar-refractivity contribution in [3.63, 3.8) is 0 Å². The molecule has 0 saturated carbocycles. The highest BCUT2D eigenvalue weighted by molar-refractivity contribution is 5.78. The minimum Gasteiger partial charge on any atom is -0.464 e. The van der Waals surface area contributed by atoms with Gasteiger partial charge in [-0.3, -0.25) is 0 Å². The normalized spacial score (nSPS) is 13.2. The number of alkyl halides is 7. The molecule has 0 spiro atoms. The molecule has 4 nitrogen and oxygen atoms in total. The Hall–Kier alpha value is -1.10. The summed E-state index contributed by atoms with van der Waals surface area (Å²) in [5.74, 6) is -7.52. The molecule has 0 unspecified atom stereocenters. The number of esters is 1. The SMILES string of the molecule is COC(=O)C(F)(F)C(F)(F)OCCCCCCOCC(F)(F)F. The third kappa shape index (κ3) is 8.35. The number of methoxy groups -OCH3 is 1. The van der Waals surface area contributed by atoms with Crippen LogP contribution in [-0.2, 0) is 19.0 Å². The van der Waals surface area contributed by atoms with E-state index in [-0.39, 0.29) is 25.9 Å². The van der Waals surface area contributed by atoms with Gasteiger partial charge < -0.3 is 14.2 Å². The molecule has 0 fully saturated rings. The van der Waals surface area contributed by atoms with Gasteiger partial charge in [0.1, 0.15) is 6.61 Å². The molecule has 138 valence electrons. The van der Waals surface area contributed by atoms with Crippen LogP contribution >= 0.6 is 0 Å². The minimum absolute atomic E-state index is 0.0356. The fraction of sp³-hybridized carbons (Fsp3) is 0.917. The standard InChI is InChI=1S/C12H17F7O4/c1-21-9(20)11(16,17)12(18,19)23-7-5-3-2-4-6-22-8-10(13,14)15/h2-8H2,1H3. The molecule has 0 rings (SSSR count). The maximum atomic E-state index is 13.0. The maximum absolute atomic E-state index is 13.0. The van der Waals surface area contributed by atoms with E-state index in [1.807, 2.05) is 0 Å². The molecule has 0 aliphatic heterocycles. The van der Waals surface area contributed by atoms with E-state index >= 15 is 0 Å². The quantitative estimate of drug-likeness (QED) is 0.322. The fourth-order valence-electron chi connectivity index (χ4n) is 1.39. The van der Waals surface area contributed by atoms with Gasteiger partial charge in [-0.05, 0) is 12.8 Å². The lowest BCUT2D eigenvalue weighted by Crippen LogP contribution is -2.49. The lowest BCUT2D eigenvalue weighted by Gasteiger charge is -2.23. The van der Waals surface area contributed by atoms with Gasteiger partial charge in [0.15, 0.2) is 0 Å². The Morgan fingerprint density at radius 2 is 1.39 bits per heavy atom. The van der Waals surface area contributed by atoms with Crippen LogP contribution in [0.5, 0.6) is 0 Å². The van der Waals surface area contributed by atoms with Crippen molar-refractivity contribution in [1.29, 1.82) is 0 Å². The molecule has 0 aliphatic carbocycles. The fourth-order valence-corrected chi connectivity index (χ4v) is 1.39. The Bertz CT molecular complexity index is 358. The first-order chi connectivity index (χ1) is 10.4. The van der Waals surface area contributed by atoms with Crippen LogP contribution < -0.4 is 0 Å². The summed E-state index contributed by atoms with van der Waals surface area (Å²) >= 11 is 0. The van der Waals surface area contributed by atoms with Gasteiger partial charge >= 0.3 is 24.2 Å². The lowest BCUT2D eigenvalue weighted by atomic mass is 10.2. The maximum Gasteiger partial charge on any atom is 0.431 e. The van der Waals surface area contributed by atoms with Crippen molar-refractivity contribution in [2.24, 2.45) is 0 Å². The molecule has 0 amide bonds. The van der Waals surface area contributed by atoms with Crippen LogP contribution in [0.25, 0.3) is 0 Å². The second-order valence-electron chi connectivity index (χ2n) is 4.51. The van der Waals surface area contributed by atoms with Gasteiger partial charge in [0.05, 0.1) is 13.7 Å². The van der Waals surface area contributed by atoms with Crippen molar-refractivity contribution in [2.45, 2.75) is 43.9 Å². The largest absolute Gasteiger partial charge is 0.464 e. The third-order valence-electron chi connectivity index (χ3n) is 2.54. The number of rotatable bonds is 11. The summed E-state index contributed by atoms with van der Waals surface area (Å²) in [4.78, 5) is 10.6. The second kappa shape index (κ2) is 9.26. The summed E-state index contributed by atoms with van der Waals surface area (Å²) in [5.41, 5.74) is 0. The monoisotopic (exact) mass is 358 g/mol. The summed E-state index contributed by atoms with van der Waals surface area (Å²) in [7, 11) is 0.535. The van der Waals surface area contributed by atoms with E-state index in [9.17, 15) is 35.5 Å². The highest BCUT2D eigenvalue weighted by atomic mass is 19.4. The van der Waals surface area contributed by atoms with E-state index < -0.39 is 37.4 Å². The number of unbranched alkanes of at least 4 members (excludes halogenated alkanes) is 3. The predicted molar refractivity (Wildman–Crippen MR) is 63.2 cm³/mol. The van der Waals surface area contributed by atoms with Gasteiger partial charge in [-0.2, -0.15) is 30.7 Å². The Labute approximate surface area is 127 Å². The van der Waals surface area contributed by atoms with Gasteiger partial charge in [0.2, 0.25) is 0 Å². The van der Waals surface area contributed by atoms with Gasteiger partial charge in [-0.15, -0.1) is 0 Å². The van der Waals surface area contributed by atoms with Crippen LogP contribution in [0.2, 0.25) is 0 Å². The first-order valence-corrected chi connectivity index (χ1v) is 6.56. The molecular weight excluding hydrogens is 341 g/mol. The van der Waals surface area contributed by atoms with Crippen molar-refractivity contribution < 1.29 is 49.7 Å². The van der Waals surface area contributed by atoms with Crippen LogP contribution in [0.15, 0.2) is 0 Å². The molecule has 0 bridgehead atoms. The van der Waals surface area contributed by atoms with E-state index in [0.717, 1.165) is 0 Å². The topological polar surface area (TPSA) is 44.8 Å². The molecule has 11 heteroatoms. The van der Waals surface area contributed by atoms with E-state index in [1.54, 1.807) is 0 Å². The van der Waals surface area contributed by atoms with Crippen molar-refractivity contribution >= 4 is 5.97 Å². The van der Waals surface area contributed by atoms with Crippen LogP contribution in [-0.4, -0.2) is 51.1 Å². The van der Waals surface area contributed by atoms with E-state index in [1.165, 1.54) is 0 Å². The van der Waals surface area contributed by atoms with Crippen molar-refractivity contribution in [1.82, 2.24) is 0 Å². The van der Waals surface area contributed by atoms with Crippen molar-refractivity contribution in [3.8, 4) is 0 Å². The van der Waals surface area contributed by atoms with Crippen LogP contribution in [0.4, 0.5) is 30.7 Å². The molecule has 0 aromatic rings. The van der Waals surface area contributed by atoms with E-state index in [2.05, 4.69) is 14.2 Å². The minimum atomic E-state index is -5.10. The Morgan fingerprint density at radius 1 is 0.870 bits per heavy atom. The average Bonchev–Trinajstić information content (AvgIpc) is 2.43. The number of carbonyl (C=O) groups excluding carboxylic acids is 1. The summed E-state index contributed by atoms with van der Waals surface area (Å²) in [6.45, 7) is -2.27. The molecule has 0 aliphatic rings. The summed E-state index contributed by atoms with van der Waals surface area (Å²) in [6, 6.07) is 0. The van der Waals surface area contributed by atoms with Gasteiger partial charge in [0.25, 0.3) is 0 Å². The molecule has 0 heterocycles. The van der Waals surface area contributed by atoms with Crippen LogP contribution in [0.1, 0.15) is 25.7 Å². The molecule has 0 aromatic carbocycles. The van der Waals surface area contributed by atoms with Crippen molar-refractivity contribution in [2.75, 3.05) is 26.9 Å². The molecule has 0 atom stereocenters. The first-order valence-electron chi connectivity index (χ1n) is 6.56. The zero-order valence-corrected chi connectivity index (χ0v) is 12.2. The first kappa shape index (κ1) is 21.9. The summed E-state index contributed by atoms with van der Waals surface area (Å²) in [6.07, 6.45) is -8.59. The zero-order valence-electron chi connectivity index (χ0n) is 12.2.